The number of rotatable bonds is 7. The zero-order valence-electron chi connectivity index (χ0n) is 18.0. The number of hydrogen-bond acceptors (Lipinski definition) is 5. The zero-order chi connectivity index (χ0) is 22.7. The first-order chi connectivity index (χ1) is 15.4. The number of amides is 2. The van der Waals surface area contributed by atoms with Gasteiger partial charge in [0, 0.05) is 43.1 Å². The van der Waals surface area contributed by atoms with Crippen LogP contribution >= 0.6 is 0 Å². The molecule has 4 rings (SSSR count). The van der Waals surface area contributed by atoms with Crippen LogP contribution in [0.4, 0.5) is 5.69 Å². The summed E-state index contributed by atoms with van der Waals surface area (Å²) in [6.07, 6.45) is 5.88. The molecule has 8 nitrogen and oxygen atoms in total. The van der Waals surface area contributed by atoms with Crippen LogP contribution in [0.25, 0.3) is 10.9 Å². The Morgan fingerprint density at radius 1 is 1.06 bits per heavy atom. The number of primary amides is 1. The third-order valence-corrected chi connectivity index (χ3v) is 5.25. The van der Waals surface area contributed by atoms with Crippen molar-refractivity contribution in [2.24, 2.45) is 12.8 Å². The predicted octanol–water partition coefficient (Wildman–Crippen LogP) is 2.94. The molecule has 3 heterocycles. The maximum atomic E-state index is 13.3. The van der Waals surface area contributed by atoms with Crippen LogP contribution in [0.1, 0.15) is 33.7 Å². The summed E-state index contributed by atoms with van der Waals surface area (Å²) in [7, 11) is 1.69. The molecule has 0 saturated heterocycles. The summed E-state index contributed by atoms with van der Waals surface area (Å²) in [5.74, 6) is -0.807. The van der Waals surface area contributed by atoms with Crippen molar-refractivity contribution in [3.63, 3.8) is 0 Å². The number of anilines is 1. The Kier molecular flexibility index (Phi) is 5.93. The van der Waals surface area contributed by atoms with E-state index in [0.717, 1.165) is 27.7 Å². The van der Waals surface area contributed by atoms with Gasteiger partial charge in [-0.3, -0.25) is 24.2 Å². The fourth-order valence-corrected chi connectivity index (χ4v) is 3.64. The summed E-state index contributed by atoms with van der Waals surface area (Å²) in [6, 6.07) is 13.7. The van der Waals surface area contributed by atoms with Gasteiger partial charge in [-0.25, -0.2) is 0 Å². The molecule has 0 aliphatic carbocycles. The molecule has 0 aliphatic heterocycles. The highest BCUT2D eigenvalue weighted by Crippen LogP contribution is 2.24. The van der Waals surface area contributed by atoms with Crippen molar-refractivity contribution >= 4 is 28.4 Å². The first-order valence-electron chi connectivity index (χ1n) is 10.3. The van der Waals surface area contributed by atoms with Crippen molar-refractivity contribution in [3.8, 4) is 0 Å². The van der Waals surface area contributed by atoms with Crippen LogP contribution in [-0.4, -0.2) is 31.6 Å². The van der Waals surface area contributed by atoms with Gasteiger partial charge >= 0.3 is 0 Å². The number of carbonyl (C=O) groups excluding carboxylic acids is 2. The van der Waals surface area contributed by atoms with Crippen LogP contribution in [0.2, 0.25) is 0 Å². The van der Waals surface area contributed by atoms with E-state index >= 15 is 0 Å². The lowest BCUT2D eigenvalue weighted by Crippen LogP contribution is -2.32. The molecule has 0 saturated carbocycles. The molecule has 0 spiro atoms. The third kappa shape index (κ3) is 4.64. The fourth-order valence-electron chi connectivity index (χ4n) is 3.64. The highest BCUT2D eigenvalue weighted by atomic mass is 16.2. The number of nitrogens with two attached hydrogens (primary N) is 1. The summed E-state index contributed by atoms with van der Waals surface area (Å²) in [4.78, 5) is 35.5. The molecule has 0 radical (unpaired) electrons. The van der Waals surface area contributed by atoms with Gasteiger partial charge in [-0.1, -0.05) is 18.2 Å². The van der Waals surface area contributed by atoms with Crippen LogP contribution in [0.5, 0.6) is 0 Å². The molecule has 1 aromatic carbocycles. The molecule has 2 amide bonds. The molecule has 2 N–H and O–H groups in total. The minimum absolute atomic E-state index is 0.0690. The van der Waals surface area contributed by atoms with Crippen molar-refractivity contribution in [1.29, 1.82) is 0 Å². The van der Waals surface area contributed by atoms with E-state index in [-0.39, 0.29) is 24.6 Å². The average molecular weight is 428 g/mol. The smallest absolute Gasteiger partial charge is 0.271 e. The molecule has 0 aliphatic rings. The van der Waals surface area contributed by atoms with E-state index in [1.807, 2.05) is 49.4 Å². The van der Waals surface area contributed by atoms with E-state index < -0.39 is 5.91 Å². The molecule has 32 heavy (non-hydrogen) atoms. The van der Waals surface area contributed by atoms with E-state index in [4.69, 9.17) is 5.73 Å². The molecule has 0 bridgehead atoms. The number of benzene rings is 1. The van der Waals surface area contributed by atoms with Gasteiger partial charge in [0.05, 0.1) is 17.7 Å². The summed E-state index contributed by atoms with van der Waals surface area (Å²) in [6.45, 7) is 2.21. The monoisotopic (exact) mass is 428 g/mol. The average Bonchev–Trinajstić information content (AvgIpc) is 3.18. The molecule has 162 valence electrons. The number of fused-ring (bicyclic) bond motifs is 1. The molecule has 0 atom stereocenters. The van der Waals surface area contributed by atoms with E-state index in [2.05, 4.69) is 15.1 Å². The molecule has 8 heteroatoms. The molecule has 3 aromatic heterocycles. The van der Waals surface area contributed by atoms with E-state index in [0.29, 0.717) is 12.1 Å². The second-order valence-electron chi connectivity index (χ2n) is 7.72. The number of nitrogens with zero attached hydrogens (tertiary/aromatic N) is 5. The summed E-state index contributed by atoms with van der Waals surface area (Å²) < 4.78 is 1.49. The van der Waals surface area contributed by atoms with Crippen LogP contribution in [0.15, 0.2) is 61.1 Å². The maximum absolute atomic E-state index is 13.3. The normalized spacial score (nSPS) is 10.9. The van der Waals surface area contributed by atoms with Gasteiger partial charge in [0.2, 0.25) is 5.91 Å². The Morgan fingerprint density at radius 2 is 1.81 bits per heavy atom. The first-order valence-corrected chi connectivity index (χ1v) is 10.3. The first kappa shape index (κ1) is 21.2. The minimum Gasteiger partial charge on any atom is -0.364 e. The Balaban J connectivity index is 1.67. The Morgan fingerprint density at radius 3 is 2.56 bits per heavy atom. The van der Waals surface area contributed by atoms with Crippen molar-refractivity contribution < 1.29 is 9.59 Å². The second kappa shape index (κ2) is 8.97. The molecule has 0 unspecified atom stereocenters. The zero-order valence-corrected chi connectivity index (χ0v) is 18.0. The lowest BCUT2D eigenvalue weighted by atomic mass is 10.1. The van der Waals surface area contributed by atoms with Crippen LogP contribution in [0.3, 0.4) is 0 Å². The van der Waals surface area contributed by atoms with Gasteiger partial charge in [-0.15, -0.1) is 0 Å². The standard InChI is InChI=1S/C24H24N6O2/c1-16-3-6-19-7-4-18(13-20(19)27-16)14-30(21-15-29(2)28-23(21)24(25)32)22(31)8-5-17-9-11-26-12-10-17/h3-4,6-7,9-13,15H,5,8,14H2,1-2H3,(H2,25,32). The van der Waals surface area contributed by atoms with Gasteiger partial charge < -0.3 is 10.6 Å². The number of aromatic nitrogens is 4. The van der Waals surface area contributed by atoms with Crippen molar-refractivity contribution in [2.75, 3.05) is 4.90 Å². The number of hydrogen-bond donors (Lipinski definition) is 1. The molecular weight excluding hydrogens is 404 g/mol. The Hall–Kier alpha value is -4.07. The van der Waals surface area contributed by atoms with Crippen molar-refractivity contribution in [1.82, 2.24) is 19.7 Å². The summed E-state index contributed by atoms with van der Waals surface area (Å²) in [5.41, 5.74) is 9.70. The van der Waals surface area contributed by atoms with Gasteiger partial charge in [-0.2, -0.15) is 5.10 Å². The number of pyridine rings is 2. The lowest BCUT2D eigenvalue weighted by molar-refractivity contribution is -0.118. The second-order valence-corrected chi connectivity index (χ2v) is 7.72. The van der Waals surface area contributed by atoms with Crippen LogP contribution in [-0.2, 0) is 24.8 Å². The number of aryl methyl sites for hydroxylation is 3. The molecule has 0 fully saturated rings. The van der Waals surface area contributed by atoms with Gasteiger partial charge in [-0.05, 0) is 48.7 Å². The summed E-state index contributed by atoms with van der Waals surface area (Å²) in [5, 5.41) is 5.18. The van der Waals surface area contributed by atoms with Gasteiger partial charge in [0.15, 0.2) is 5.69 Å². The molecular formula is C24H24N6O2. The highest BCUT2D eigenvalue weighted by molar-refractivity contribution is 6.02. The van der Waals surface area contributed by atoms with Gasteiger partial charge in [0.1, 0.15) is 0 Å². The van der Waals surface area contributed by atoms with E-state index in [1.165, 1.54) is 4.68 Å². The van der Waals surface area contributed by atoms with Crippen molar-refractivity contribution in [3.05, 3.63) is 83.6 Å². The largest absolute Gasteiger partial charge is 0.364 e. The van der Waals surface area contributed by atoms with Crippen molar-refractivity contribution in [2.45, 2.75) is 26.3 Å². The fraction of sp³-hybridized carbons (Fsp3) is 0.208. The van der Waals surface area contributed by atoms with E-state index in [1.54, 1.807) is 30.5 Å². The minimum atomic E-state index is -0.677. The quantitative estimate of drug-likeness (QED) is 0.487. The van der Waals surface area contributed by atoms with Crippen LogP contribution in [0, 0.1) is 6.92 Å². The Labute approximate surface area is 185 Å². The third-order valence-electron chi connectivity index (χ3n) is 5.25. The predicted molar refractivity (Wildman–Crippen MR) is 122 cm³/mol. The highest BCUT2D eigenvalue weighted by Gasteiger charge is 2.24. The molecule has 4 aromatic rings. The van der Waals surface area contributed by atoms with E-state index in [9.17, 15) is 9.59 Å². The topological polar surface area (TPSA) is 107 Å². The maximum Gasteiger partial charge on any atom is 0.271 e. The SMILES string of the molecule is Cc1ccc2ccc(CN(C(=O)CCc3ccncc3)c3cn(C)nc3C(N)=O)cc2n1. The summed E-state index contributed by atoms with van der Waals surface area (Å²) >= 11 is 0. The van der Waals surface area contributed by atoms with Gasteiger partial charge in [0.25, 0.3) is 5.91 Å². The van der Waals surface area contributed by atoms with Crippen LogP contribution < -0.4 is 10.6 Å². The lowest BCUT2D eigenvalue weighted by Gasteiger charge is -2.22. The number of carbonyl (C=O) groups is 2. The Bertz CT molecular complexity index is 1280.